The summed E-state index contributed by atoms with van der Waals surface area (Å²) in [5.74, 6) is 1.19. The van der Waals surface area contributed by atoms with Gasteiger partial charge in [-0.3, -0.25) is 0 Å². The summed E-state index contributed by atoms with van der Waals surface area (Å²) in [7, 11) is 0. The molecule has 28 heavy (non-hydrogen) atoms. The molecular weight excluding hydrogens is 358 g/mol. The van der Waals surface area contributed by atoms with Crippen molar-refractivity contribution in [2.24, 2.45) is 0 Å². The van der Waals surface area contributed by atoms with E-state index in [9.17, 15) is 8.78 Å². The van der Waals surface area contributed by atoms with E-state index in [4.69, 9.17) is 4.74 Å². The van der Waals surface area contributed by atoms with Crippen LogP contribution in [0.15, 0.2) is 66.7 Å². The number of rotatable bonds is 7. The highest BCUT2D eigenvalue weighted by Crippen LogP contribution is 2.33. The minimum absolute atomic E-state index is 0.224. The molecule has 1 unspecified atom stereocenters. The first-order chi connectivity index (χ1) is 13.7. The molecule has 1 aliphatic heterocycles. The van der Waals surface area contributed by atoms with Gasteiger partial charge in [0.05, 0.1) is 0 Å². The van der Waals surface area contributed by atoms with Crippen molar-refractivity contribution in [2.75, 3.05) is 18.4 Å². The van der Waals surface area contributed by atoms with Crippen molar-refractivity contribution in [3.05, 3.63) is 89.5 Å². The highest BCUT2D eigenvalue weighted by Gasteiger charge is 2.21. The first kappa shape index (κ1) is 18.4. The van der Waals surface area contributed by atoms with E-state index in [0.29, 0.717) is 23.8 Å². The van der Waals surface area contributed by atoms with Crippen LogP contribution in [0, 0.1) is 11.6 Å². The van der Waals surface area contributed by atoms with E-state index in [1.165, 1.54) is 18.2 Å². The van der Waals surface area contributed by atoms with Gasteiger partial charge in [0.25, 0.3) is 0 Å². The molecule has 0 saturated carbocycles. The van der Waals surface area contributed by atoms with E-state index >= 15 is 0 Å². The van der Waals surface area contributed by atoms with Gasteiger partial charge in [0, 0.05) is 30.3 Å². The Balaban J connectivity index is 1.31. The smallest absolute Gasteiger partial charge is 0.127 e. The molecule has 1 aliphatic rings. The molecule has 0 aliphatic carbocycles. The summed E-state index contributed by atoms with van der Waals surface area (Å²) < 4.78 is 33.2. The molecule has 1 heterocycles. The van der Waals surface area contributed by atoms with E-state index in [2.05, 4.69) is 10.6 Å². The van der Waals surface area contributed by atoms with Crippen molar-refractivity contribution in [1.29, 1.82) is 0 Å². The molecule has 4 rings (SSSR count). The van der Waals surface area contributed by atoms with E-state index in [-0.39, 0.29) is 11.6 Å². The van der Waals surface area contributed by atoms with Crippen LogP contribution in [-0.4, -0.2) is 13.1 Å². The fourth-order valence-corrected chi connectivity index (χ4v) is 3.51. The monoisotopic (exact) mass is 380 g/mol. The fraction of sp³-hybridized carbons (Fsp3) is 0.217. The maximum Gasteiger partial charge on any atom is 0.127 e. The molecule has 5 heteroatoms. The number of hydrogen-bond acceptors (Lipinski definition) is 3. The highest BCUT2D eigenvalue weighted by atomic mass is 19.1. The van der Waals surface area contributed by atoms with Gasteiger partial charge in [-0.2, -0.15) is 0 Å². The maximum absolute atomic E-state index is 14.1. The summed E-state index contributed by atoms with van der Waals surface area (Å²) in [5, 5.41) is 6.55. The number of benzene rings is 3. The minimum Gasteiger partial charge on any atom is -0.457 e. The predicted octanol–water partition coefficient (Wildman–Crippen LogP) is 5.45. The number of nitrogens with one attached hydrogen (secondary N) is 2. The van der Waals surface area contributed by atoms with E-state index in [0.717, 1.165) is 36.5 Å². The van der Waals surface area contributed by atoms with Crippen LogP contribution < -0.4 is 15.4 Å². The number of halogens is 2. The number of fused-ring (bicyclic) bond motifs is 1. The lowest BCUT2D eigenvalue weighted by Crippen LogP contribution is -2.18. The van der Waals surface area contributed by atoms with Crippen molar-refractivity contribution in [2.45, 2.75) is 18.9 Å². The number of ether oxygens (including phenoxy) is 1. The lowest BCUT2D eigenvalue weighted by Gasteiger charge is -2.12. The second kappa shape index (κ2) is 8.40. The zero-order valence-electron chi connectivity index (χ0n) is 15.4. The highest BCUT2D eigenvalue weighted by molar-refractivity contribution is 5.57. The van der Waals surface area contributed by atoms with Crippen molar-refractivity contribution >= 4 is 5.69 Å². The third kappa shape index (κ3) is 4.31. The zero-order valence-corrected chi connectivity index (χ0v) is 15.4. The maximum atomic E-state index is 14.1. The average molecular weight is 380 g/mol. The molecular formula is C23H22F2N2O. The van der Waals surface area contributed by atoms with Crippen LogP contribution >= 0.6 is 0 Å². The number of hydrogen-bond donors (Lipinski definition) is 2. The summed E-state index contributed by atoms with van der Waals surface area (Å²) in [6.45, 7) is 1.97. The number of anilines is 1. The third-order valence-electron chi connectivity index (χ3n) is 4.98. The van der Waals surface area contributed by atoms with Gasteiger partial charge in [0.1, 0.15) is 23.1 Å². The molecule has 2 N–H and O–H groups in total. The minimum atomic E-state index is -0.253. The Hall–Kier alpha value is -2.92. The lowest BCUT2D eigenvalue weighted by atomic mass is 9.98. The van der Waals surface area contributed by atoms with Crippen molar-refractivity contribution in [1.82, 2.24) is 5.32 Å². The van der Waals surface area contributed by atoms with Crippen LogP contribution in [0.5, 0.6) is 11.5 Å². The molecule has 144 valence electrons. The quantitative estimate of drug-likeness (QED) is 0.535. The molecule has 1 atom stereocenters. The predicted molar refractivity (Wildman–Crippen MR) is 107 cm³/mol. The van der Waals surface area contributed by atoms with Crippen LogP contribution in [-0.2, 0) is 6.54 Å². The van der Waals surface area contributed by atoms with Crippen LogP contribution in [0.4, 0.5) is 14.5 Å². The molecule has 0 saturated heterocycles. The first-order valence-electron chi connectivity index (χ1n) is 9.44. The van der Waals surface area contributed by atoms with E-state index < -0.39 is 0 Å². The van der Waals surface area contributed by atoms with Crippen LogP contribution in [0.1, 0.15) is 23.5 Å². The van der Waals surface area contributed by atoms with Gasteiger partial charge in [-0.25, -0.2) is 8.78 Å². The standard InChI is InChI=1S/C23H22F2N2O/c24-18-6-8-21-16(15-27-23(21)13-18)10-11-26-14-17-12-20(7-9-22(17)25)28-19-4-2-1-3-5-19/h1-9,12-13,16,26-27H,10-11,14-15H2. The van der Waals surface area contributed by atoms with E-state index in [1.54, 1.807) is 12.1 Å². The lowest BCUT2D eigenvalue weighted by molar-refractivity contribution is 0.477. The van der Waals surface area contributed by atoms with Crippen molar-refractivity contribution in [3.63, 3.8) is 0 Å². The van der Waals surface area contributed by atoms with Gasteiger partial charge in [0.2, 0.25) is 0 Å². The summed E-state index contributed by atoms with van der Waals surface area (Å²) in [6.07, 6.45) is 0.896. The average Bonchev–Trinajstić information content (AvgIpc) is 3.10. The first-order valence-corrected chi connectivity index (χ1v) is 9.44. The molecule has 3 aromatic rings. The molecule has 3 aromatic carbocycles. The second-order valence-corrected chi connectivity index (χ2v) is 6.94. The Bertz CT molecular complexity index is 947. The van der Waals surface area contributed by atoms with Crippen LogP contribution in [0.2, 0.25) is 0 Å². The van der Waals surface area contributed by atoms with Gasteiger partial charge in [-0.05, 0) is 61.0 Å². The molecule has 0 aromatic heterocycles. The SMILES string of the molecule is Fc1ccc2c(c1)NCC2CCNCc1cc(Oc2ccccc2)ccc1F. The zero-order chi connectivity index (χ0) is 19.3. The Labute approximate surface area is 163 Å². The summed E-state index contributed by atoms with van der Waals surface area (Å²) in [5.41, 5.74) is 2.59. The topological polar surface area (TPSA) is 33.3 Å². The van der Waals surface area contributed by atoms with Gasteiger partial charge in [-0.15, -0.1) is 0 Å². The van der Waals surface area contributed by atoms with Gasteiger partial charge in [-0.1, -0.05) is 24.3 Å². The van der Waals surface area contributed by atoms with Crippen molar-refractivity contribution in [3.8, 4) is 11.5 Å². The van der Waals surface area contributed by atoms with Gasteiger partial charge < -0.3 is 15.4 Å². The van der Waals surface area contributed by atoms with E-state index in [1.807, 2.05) is 36.4 Å². The Morgan fingerprint density at radius 1 is 0.964 bits per heavy atom. The second-order valence-electron chi connectivity index (χ2n) is 6.94. The summed E-state index contributed by atoms with van der Waals surface area (Å²) >= 11 is 0. The van der Waals surface area contributed by atoms with Gasteiger partial charge >= 0.3 is 0 Å². The summed E-state index contributed by atoms with van der Waals surface area (Å²) in [4.78, 5) is 0. The molecule has 3 nitrogen and oxygen atoms in total. The van der Waals surface area contributed by atoms with Gasteiger partial charge in [0.15, 0.2) is 0 Å². The Morgan fingerprint density at radius 3 is 2.68 bits per heavy atom. The largest absolute Gasteiger partial charge is 0.457 e. The Kier molecular flexibility index (Phi) is 5.53. The third-order valence-corrected chi connectivity index (χ3v) is 4.98. The normalized spacial score (nSPS) is 15.1. The Morgan fingerprint density at radius 2 is 1.82 bits per heavy atom. The summed E-state index contributed by atoms with van der Waals surface area (Å²) in [6, 6.07) is 19.1. The molecule has 0 radical (unpaired) electrons. The van der Waals surface area contributed by atoms with Crippen LogP contribution in [0.3, 0.4) is 0 Å². The fourth-order valence-electron chi connectivity index (χ4n) is 3.51. The molecule has 0 bridgehead atoms. The molecule has 0 spiro atoms. The van der Waals surface area contributed by atoms with Crippen LogP contribution in [0.25, 0.3) is 0 Å². The molecule has 0 fully saturated rings. The molecule has 0 amide bonds. The van der Waals surface area contributed by atoms with Crippen molar-refractivity contribution < 1.29 is 13.5 Å². The number of para-hydroxylation sites is 1.